The third-order valence-electron chi connectivity index (χ3n) is 14.0. The SMILES string of the molecule is [2H]C([2H])(c1ccnc(-c2[c-]cc(CCc3cc(CCc4c[c-]c(-c5cc(C([2H])([2H])C(C)(C)C)ccn5)cc4)cc(-c4ccccc4-c4c[c-]c(-c5cc(C(C)(C)C)ccn5)cc4-c4ccc(-c5ccccc5)cc4)c3)cc2)c1)C(C)(C)C.[Ir+3]. The van der Waals surface area contributed by atoms with Gasteiger partial charge in [0.1, 0.15) is 0 Å². The quantitative estimate of drug-likeness (QED) is 0.0960. The van der Waals surface area contributed by atoms with Gasteiger partial charge in [-0.2, -0.15) is 0 Å². The smallest absolute Gasteiger partial charge is 0.305 e. The average molecular weight is 1210 g/mol. The number of benzene rings is 7. The molecule has 0 aliphatic carbocycles. The second kappa shape index (κ2) is 24.3. The number of nitrogens with zero attached hydrogens (tertiary/aromatic N) is 3. The predicted octanol–water partition coefficient (Wildman–Crippen LogP) is 19.0. The zero-order chi connectivity index (χ0) is 58.0. The summed E-state index contributed by atoms with van der Waals surface area (Å²) < 4.78 is 35.5. The molecular weight excluding hydrogens is 1140 g/mol. The summed E-state index contributed by atoms with van der Waals surface area (Å²) in [4.78, 5) is 14.1. The molecule has 4 heteroatoms. The van der Waals surface area contributed by atoms with E-state index in [9.17, 15) is 0 Å². The topological polar surface area (TPSA) is 38.7 Å². The van der Waals surface area contributed by atoms with Crippen LogP contribution in [0, 0.1) is 29.0 Å². The summed E-state index contributed by atoms with van der Waals surface area (Å²) in [6.07, 6.45) is 5.45. The first-order chi connectivity index (χ1) is 39.0. The molecule has 0 radical (unpaired) electrons. The van der Waals surface area contributed by atoms with Crippen molar-refractivity contribution in [2.75, 3.05) is 0 Å². The third kappa shape index (κ3) is 14.7. The van der Waals surface area contributed by atoms with Crippen LogP contribution >= 0.6 is 0 Å². The largest absolute Gasteiger partial charge is 3.00 e. The van der Waals surface area contributed by atoms with Crippen molar-refractivity contribution < 1.29 is 25.6 Å². The summed E-state index contributed by atoms with van der Waals surface area (Å²) in [5.41, 5.74) is 20.0. The summed E-state index contributed by atoms with van der Waals surface area (Å²) in [6, 6.07) is 74.4. The van der Waals surface area contributed by atoms with E-state index in [-0.39, 0.29) is 25.5 Å². The maximum atomic E-state index is 8.88. The minimum absolute atomic E-state index is 0. The first-order valence-corrected chi connectivity index (χ1v) is 27.4. The molecule has 3 heterocycles. The van der Waals surface area contributed by atoms with Crippen LogP contribution in [0.3, 0.4) is 0 Å². The van der Waals surface area contributed by atoms with Crippen LogP contribution in [0.1, 0.15) is 107 Å². The molecular formula is C75H72IrN3. The molecule has 0 fully saturated rings. The fourth-order valence-electron chi connectivity index (χ4n) is 10.1. The maximum absolute atomic E-state index is 8.88. The molecule has 0 N–H and O–H groups in total. The van der Waals surface area contributed by atoms with E-state index in [0.29, 0.717) is 22.5 Å². The minimum atomic E-state index is -1.53. The molecule has 3 nitrogen and oxygen atoms in total. The molecule has 0 saturated heterocycles. The number of hydrogen-bond acceptors (Lipinski definition) is 3. The molecule has 0 atom stereocenters. The Morgan fingerprint density at radius 3 is 1.34 bits per heavy atom. The zero-order valence-corrected chi connectivity index (χ0v) is 49.5. The van der Waals surface area contributed by atoms with Crippen molar-refractivity contribution >= 4 is 0 Å². The first kappa shape index (κ1) is 51.1. The molecule has 396 valence electrons. The van der Waals surface area contributed by atoms with E-state index in [1.54, 1.807) is 24.5 Å². The second-order valence-corrected chi connectivity index (χ2v) is 23.7. The van der Waals surface area contributed by atoms with Crippen LogP contribution in [0.15, 0.2) is 201 Å². The van der Waals surface area contributed by atoms with Gasteiger partial charge in [-0.05, 0) is 122 Å². The van der Waals surface area contributed by atoms with Crippen molar-refractivity contribution in [1.29, 1.82) is 0 Å². The van der Waals surface area contributed by atoms with Crippen LogP contribution in [-0.2, 0) is 63.9 Å². The molecule has 7 aromatic carbocycles. The van der Waals surface area contributed by atoms with Crippen LogP contribution < -0.4 is 0 Å². The third-order valence-corrected chi connectivity index (χ3v) is 14.0. The number of aryl methyl sites for hydroxylation is 4. The van der Waals surface area contributed by atoms with Gasteiger partial charge in [0.05, 0.1) is 0 Å². The second-order valence-electron chi connectivity index (χ2n) is 23.7. The fourth-order valence-corrected chi connectivity index (χ4v) is 10.1. The van der Waals surface area contributed by atoms with Gasteiger partial charge in [-0.25, -0.2) is 0 Å². The van der Waals surface area contributed by atoms with Crippen molar-refractivity contribution in [3.63, 3.8) is 0 Å². The summed E-state index contributed by atoms with van der Waals surface area (Å²) in [5.74, 6) is 0. The van der Waals surface area contributed by atoms with Gasteiger partial charge in [-0.3, -0.25) is 0 Å². The molecule has 0 spiro atoms. The van der Waals surface area contributed by atoms with E-state index in [4.69, 9.17) is 10.5 Å². The number of hydrogen-bond donors (Lipinski definition) is 0. The Labute approximate surface area is 490 Å². The van der Waals surface area contributed by atoms with Crippen molar-refractivity contribution in [3.8, 4) is 78.3 Å². The van der Waals surface area contributed by atoms with Crippen molar-refractivity contribution in [2.24, 2.45) is 10.8 Å². The number of rotatable bonds is 15. The standard InChI is InChI=1S/C75H72N3.Ir/c1-73(2,3)50-56-37-40-76-70(46-56)61-27-23-52(24-28-61)19-21-54-43-55(22-20-53-25-29-62(30-26-53)71-47-57(38-41-77-71)51-74(4,5)6)45-64(44-54)66-17-13-14-18-67(66)68-36-35-63(72-49-65(39-42-78-72)75(7,8)9)48-69(68)60-33-31-59(32-34-60)58-15-11-10-12-16-58;/h10-18,23-27,29,31-34,36-49H,19-22,50-51H2,1-9H3;/q-3;+3/i50D2,51D2;. The van der Waals surface area contributed by atoms with Gasteiger partial charge < -0.3 is 15.0 Å². The zero-order valence-electron chi connectivity index (χ0n) is 51.1. The molecule has 0 aliphatic heterocycles. The monoisotopic (exact) mass is 1210 g/mol. The Hall–Kier alpha value is -7.36. The van der Waals surface area contributed by atoms with Crippen LogP contribution in [0.2, 0.25) is 0 Å². The summed E-state index contributed by atoms with van der Waals surface area (Å²) in [5, 5.41) is 0. The van der Waals surface area contributed by atoms with Gasteiger partial charge in [-0.15, -0.1) is 94.5 Å². The van der Waals surface area contributed by atoms with E-state index >= 15 is 0 Å². The van der Waals surface area contributed by atoms with Crippen molar-refractivity contribution in [1.82, 2.24) is 15.0 Å². The van der Waals surface area contributed by atoms with Gasteiger partial charge in [0.25, 0.3) is 0 Å². The summed E-state index contributed by atoms with van der Waals surface area (Å²) in [6.45, 7) is 18.2. The molecule has 10 aromatic rings. The predicted molar refractivity (Wildman–Crippen MR) is 327 cm³/mol. The molecule has 0 bridgehead atoms. The Morgan fingerprint density at radius 1 is 0.354 bits per heavy atom. The van der Waals surface area contributed by atoms with Crippen LogP contribution in [-0.4, -0.2) is 15.0 Å². The van der Waals surface area contributed by atoms with E-state index < -0.39 is 23.6 Å². The average Bonchev–Trinajstić information content (AvgIpc) is 3.49. The Morgan fingerprint density at radius 2 is 0.823 bits per heavy atom. The molecule has 0 amide bonds. The van der Waals surface area contributed by atoms with Crippen LogP contribution in [0.25, 0.3) is 78.3 Å². The van der Waals surface area contributed by atoms with Gasteiger partial charge in [0.15, 0.2) is 0 Å². The molecule has 3 aromatic heterocycles. The maximum Gasteiger partial charge on any atom is 3.00 e. The molecule has 10 rings (SSSR count). The van der Waals surface area contributed by atoms with Crippen LogP contribution in [0.5, 0.6) is 0 Å². The van der Waals surface area contributed by atoms with E-state index in [2.05, 4.69) is 207 Å². The van der Waals surface area contributed by atoms with Gasteiger partial charge in [-0.1, -0.05) is 218 Å². The molecule has 0 unspecified atom stereocenters. The first-order valence-electron chi connectivity index (χ1n) is 29.4. The van der Waals surface area contributed by atoms with Gasteiger partial charge in [0.2, 0.25) is 0 Å². The van der Waals surface area contributed by atoms with Gasteiger partial charge >= 0.3 is 20.1 Å². The minimum Gasteiger partial charge on any atom is -0.305 e. The normalized spacial score (nSPS) is 12.9. The molecule has 79 heavy (non-hydrogen) atoms. The van der Waals surface area contributed by atoms with Crippen LogP contribution in [0.4, 0.5) is 0 Å². The number of pyridine rings is 3. The van der Waals surface area contributed by atoms with Crippen molar-refractivity contribution in [3.05, 3.63) is 258 Å². The Kier molecular flexibility index (Phi) is 15.7. The Bertz CT molecular complexity index is 3720. The van der Waals surface area contributed by atoms with E-state index in [1.165, 1.54) is 22.3 Å². The number of aromatic nitrogens is 3. The Balaban J connectivity index is 0.00000828. The van der Waals surface area contributed by atoms with E-state index in [0.717, 1.165) is 98.1 Å². The molecule has 0 aliphatic rings. The summed E-state index contributed by atoms with van der Waals surface area (Å²) >= 11 is 0. The fraction of sp³-hybridized carbons (Fsp3) is 0.240. The summed E-state index contributed by atoms with van der Waals surface area (Å²) in [7, 11) is 0. The van der Waals surface area contributed by atoms with Crippen molar-refractivity contribution in [2.45, 2.75) is 106 Å². The molecule has 0 saturated carbocycles. The van der Waals surface area contributed by atoms with E-state index in [1.807, 2.05) is 59.9 Å². The van der Waals surface area contributed by atoms with Gasteiger partial charge in [0, 0.05) is 24.1 Å².